The van der Waals surface area contributed by atoms with Crippen LogP contribution in [0.4, 0.5) is 0 Å². The standard InChI is InChI=1S/C8H11N5S/c1-2-9-3-6-4-10-8(14-6)7-5-11-13-12-7/h4-5,9H,2-3H2,1H3,(H,11,12,13). The van der Waals surface area contributed by atoms with Crippen molar-refractivity contribution in [2.75, 3.05) is 6.54 Å². The Hall–Kier alpha value is -1.27. The van der Waals surface area contributed by atoms with Gasteiger partial charge in [0.05, 0.1) is 6.20 Å². The lowest BCUT2D eigenvalue weighted by atomic mass is 10.5. The molecule has 0 spiro atoms. The Bertz CT molecular complexity index is 380. The molecule has 0 amide bonds. The van der Waals surface area contributed by atoms with E-state index in [-0.39, 0.29) is 0 Å². The zero-order chi connectivity index (χ0) is 9.80. The van der Waals surface area contributed by atoms with Gasteiger partial charge in [-0.15, -0.1) is 11.3 Å². The maximum Gasteiger partial charge on any atom is 0.145 e. The molecular formula is C8H11N5S. The van der Waals surface area contributed by atoms with Crippen LogP contribution in [0.5, 0.6) is 0 Å². The minimum absolute atomic E-state index is 0.803. The van der Waals surface area contributed by atoms with Crippen LogP contribution in [-0.4, -0.2) is 26.9 Å². The molecule has 5 nitrogen and oxygen atoms in total. The number of H-pyrrole nitrogens is 1. The van der Waals surface area contributed by atoms with Crippen LogP contribution in [0.3, 0.4) is 0 Å². The molecule has 2 aromatic rings. The molecule has 2 N–H and O–H groups in total. The molecule has 0 aliphatic rings. The highest BCUT2D eigenvalue weighted by Gasteiger charge is 2.06. The van der Waals surface area contributed by atoms with Crippen LogP contribution in [0.2, 0.25) is 0 Å². The predicted molar refractivity (Wildman–Crippen MR) is 54.9 cm³/mol. The molecule has 2 heterocycles. The van der Waals surface area contributed by atoms with Gasteiger partial charge in [0.25, 0.3) is 0 Å². The highest BCUT2D eigenvalue weighted by molar-refractivity contribution is 7.14. The average molecular weight is 209 g/mol. The molecule has 0 saturated heterocycles. The van der Waals surface area contributed by atoms with Crippen LogP contribution < -0.4 is 5.32 Å². The molecule has 14 heavy (non-hydrogen) atoms. The summed E-state index contributed by atoms with van der Waals surface area (Å²) in [6, 6.07) is 0. The van der Waals surface area contributed by atoms with E-state index in [1.54, 1.807) is 17.5 Å². The third-order valence-corrected chi connectivity index (χ3v) is 2.76. The Morgan fingerprint density at radius 3 is 3.14 bits per heavy atom. The fourth-order valence-corrected chi connectivity index (χ4v) is 1.90. The van der Waals surface area contributed by atoms with Gasteiger partial charge in [-0.05, 0) is 6.54 Å². The third-order valence-electron chi connectivity index (χ3n) is 1.74. The maximum atomic E-state index is 4.27. The number of rotatable bonds is 4. The molecule has 74 valence electrons. The zero-order valence-corrected chi connectivity index (χ0v) is 8.64. The monoisotopic (exact) mass is 209 g/mol. The van der Waals surface area contributed by atoms with E-state index in [1.807, 2.05) is 6.20 Å². The van der Waals surface area contributed by atoms with Crippen molar-refractivity contribution in [3.05, 3.63) is 17.3 Å². The second kappa shape index (κ2) is 4.30. The molecule has 0 fully saturated rings. The summed E-state index contributed by atoms with van der Waals surface area (Å²) < 4.78 is 0. The van der Waals surface area contributed by atoms with Gasteiger partial charge in [-0.25, -0.2) is 4.98 Å². The number of nitrogens with one attached hydrogen (secondary N) is 2. The lowest BCUT2D eigenvalue weighted by Gasteiger charge is -1.94. The molecule has 0 unspecified atom stereocenters. The van der Waals surface area contributed by atoms with Crippen molar-refractivity contribution in [3.63, 3.8) is 0 Å². The highest BCUT2D eigenvalue weighted by Crippen LogP contribution is 2.21. The first-order valence-corrected chi connectivity index (χ1v) is 5.23. The number of hydrogen-bond acceptors (Lipinski definition) is 5. The van der Waals surface area contributed by atoms with Crippen LogP contribution >= 0.6 is 11.3 Å². The summed E-state index contributed by atoms with van der Waals surface area (Å²) >= 11 is 1.63. The minimum atomic E-state index is 0.803. The second-order valence-corrected chi connectivity index (χ2v) is 3.88. The van der Waals surface area contributed by atoms with Gasteiger partial charge in [0.1, 0.15) is 10.7 Å². The van der Waals surface area contributed by atoms with Crippen molar-refractivity contribution >= 4 is 11.3 Å². The molecule has 0 bridgehead atoms. The second-order valence-electron chi connectivity index (χ2n) is 2.77. The smallest absolute Gasteiger partial charge is 0.145 e. The van der Waals surface area contributed by atoms with Crippen molar-refractivity contribution in [1.29, 1.82) is 0 Å². The average Bonchev–Trinajstić information content (AvgIpc) is 2.85. The summed E-state index contributed by atoms with van der Waals surface area (Å²) in [5.41, 5.74) is 0.803. The number of nitrogens with zero attached hydrogens (tertiary/aromatic N) is 3. The Balaban J connectivity index is 2.10. The van der Waals surface area contributed by atoms with Gasteiger partial charge in [0.2, 0.25) is 0 Å². The van der Waals surface area contributed by atoms with Crippen molar-refractivity contribution in [2.45, 2.75) is 13.5 Å². The molecule has 0 saturated carbocycles. The van der Waals surface area contributed by atoms with Gasteiger partial charge in [-0.2, -0.15) is 15.4 Å². The van der Waals surface area contributed by atoms with Gasteiger partial charge >= 0.3 is 0 Å². The topological polar surface area (TPSA) is 66.5 Å². The van der Waals surface area contributed by atoms with Gasteiger partial charge in [-0.1, -0.05) is 6.92 Å². The summed E-state index contributed by atoms with van der Waals surface area (Å²) in [7, 11) is 0. The molecule has 0 aliphatic heterocycles. The fraction of sp³-hybridized carbons (Fsp3) is 0.375. The van der Waals surface area contributed by atoms with Crippen LogP contribution in [0.15, 0.2) is 12.4 Å². The van der Waals surface area contributed by atoms with E-state index >= 15 is 0 Å². The summed E-state index contributed by atoms with van der Waals surface area (Å²) in [6.07, 6.45) is 3.55. The largest absolute Gasteiger partial charge is 0.312 e. The minimum Gasteiger partial charge on any atom is -0.312 e. The molecule has 0 aliphatic carbocycles. The van der Waals surface area contributed by atoms with E-state index in [4.69, 9.17) is 0 Å². The van der Waals surface area contributed by atoms with Crippen LogP contribution in [0, 0.1) is 0 Å². The lowest BCUT2D eigenvalue weighted by Crippen LogP contribution is -2.10. The van der Waals surface area contributed by atoms with E-state index in [9.17, 15) is 0 Å². The number of aromatic nitrogens is 4. The van der Waals surface area contributed by atoms with E-state index in [2.05, 4.69) is 32.6 Å². The number of hydrogen-bond donors (Lipinski definition) is 2. The van der Waals surface area contributed by atoms with E-state index < -0.39 is 0 Å². The van der Waals surface area contributed by atoms with E-state index in [1.165, 1.54) is 4.88 Å². The molecule has 2 rings (SSSR count). The van der Waals surface area contributed by atoms with Crippen molar-refractivity contribution < 1.29 is 0 Å². The predicted octanol–water partition coefficient (Wildman–Crippen LogP) is 1.04. The zero-order valence-electron chi connectivity index (χ0n) is 7.82. The van der Waals surface area contributed by atoms with Crippen LogP contribution in [-0.2, 0) is 6.54 Å². The number of thiazole rings is 1. The van der Waals surface area contributed by atoms with Crippen molar-refractivity contribution in [1.82, 2.24) is 25.7 Å². The first kappa shape index (κ1) is 9.29. The SMILES string of the molecule is CCNCc1cnc(-c2cn[nH]n2)s1. The summed E-state index contributed by atoms with van der Waals surface area (Å²) in [5, 5.41) is 14.4. The summed E-state index contributed by atoms with van der Waals surface area (Å²) in [5.74, 6) is 0. The summed E-state index contributed by atoms with van der Waals surface area (Å²) in [4.78, 5) is 5.48. The number of aromatic amines is 1. The molecule has 2 aromatic heterocycles. The quantitative estimate of drug-likeness (QED) is 0.789. The normalized spacial score (nSPS) is 10.6. The third kappa shape index (κ3) is 1.97. The Kier molecular flexibility index (Phi) is 2.85. The molecule has 6 heteroatoms. The van der Waals surface area contributed by atoms with Gasteiger partial charge in [0.15, 0.2) is 0 Å². The highest BCUT2D eigenvalue weighted by atomic mass is 32.1. The first-order chi connectivity index (χ1) is 6.90. The Labute approximate surface area is 85.6 Å². The molecular weight excluding hydrogens is 198 g/mol. The van der Waals surface area contributed by atoms with Gasteiger partial charge < -0.3 is 5.32 Å². The molecule has 0 atom stereocenters. The first-order valence-electron chi connectivity index (χ1n) is 4.41. The van der Waals surface area contributed by atoms with Crippen molar-refractivity contribution in [2.24, 2.45) is 0 Å². The Morgan fingerprint density at radius 2 is 2.43 bits per heavy atom. The molecule has 0 radical (unpaired) electrons. The van der Waals surface area contributed by atoms with Crippen LogP contribution in [0.25, 0.3) is 10.7 Å². The van der Waals surface area contributed by atoms with E-state index in [0.717, 1.165) is 23.8 Å². The van der Waals surface area contributed by atoms with Gasteiger partial charge in [0, 0.05) is 17.6 Å². The van der Waals surface area contributed by atoms with E-state index in [0.29, 0.717) is 0 Å². The fourth-order valence-electron chi connectivity index (χ4n) is 1.06. The maximum absolute atomic E-state index is 4.27. The molecule has 0 aromatic carbocycles. The van der Waals surface area contributed by atoms with Crippen LogP contribution in [0.1, 0.15) is 11.8 Å². The Morgan fingerprint density at radius 1 is 1.50 bits per heavy atom. The van der Waals surface area contributed by atoms with Gasteiger partial charge in [-0.3, -0.25) is 0 Å². The lowest BCUT2D eigenvalue weighted by molar-refractivity contribution is 0.734. The van der Waals surface area contributed by atoms with Crippen molar-refractivity contribution in [3.8, 4) is 10.7 Å². The summed E-state index contributed by atoms with van der Waals surface area (Å²) in [6.45, 7) is 3.92.